The van der Waals surface area contributed by atoms with Crippen molar-refractivity contribution in [3.05, 3.63) is 29.6 Å². The lowest BCUT2D eigenvalue weighted by Gasteiger charge is -1.97. The first-order valence-corrected chi connectivity index (χ1v) is 3.87. The molecule has 0 amide bonds. The normalized spacial score (nSPS) is 11.1. The minimum absolute atomic E-state index is 0.346. The van der Waals surface area contributed by atoms with Crippen LogP contribution in [-0.2, 0) is 7.05 Å². The maximum atomic E-state index is 13.2. The summed E-state index contributed by atoms with van der Waals surface area (Å²) in [5, 5.41) is 0. The molecule has 0 spiro atoms. The summed E-state index contributed by atoms with van der Waals surface area (Å²) in [6, 6.07) is 2.09. The zero-order valence-electron chi connectivity index (χ0n) is 7.31. The van der Waals surface area contributed by atoms with Crippen LogP contribution in [0.3, 0.4) is 0 Å². The van der Waals surface area contributed by atoms with Crippen molar-refractivity contribution in [2.24, 2.45) is 7.05 Å². The summed E-state index contributed by atoms with van der Waals surface area (Å²) in [6.45, 7) is 1.75. The summed E-state index contributed by atoms with van der Waals surface area (Å²) in [7, 11) is 1.70. The third-order valence-corrected chi connectivity index (χ3v) is 2.11. The van der Waals surface area contributed by atoms with Crippen LogP contribution in [-0.4, -0.2) is 9.55 Å². The zero-order chi connectivity index (χ0) is 9.59. The molecular formula is C9H8F2N2. The Bertz CT molecular complexity index is 474. The average molecular weight is 182 g/mol. The van der Waals surface area contributed by atoms with E-state index in [0.29, 0.717) is 16.9 Å². The Morgan fingerprint density at radius 1 is 1.31 bits per heavy atom. The van der Waals surface area contributed by atoms with E-state index in [2.05, 4.69) is 4.98 Å². The number of hydrogen-bond donors (Lipinski definition) is 0. The van der Waals surface area contributed by atoms with E-state index in [1.54, 1.807) is 18.5 Å². The molecule has 2 rings (SSSR count). The van der Waals surface area contributed by atoms with Crippen molar-refractivity contribution in [1.29, 1.82) is 0 Å². The Hall–Kier alpha value is -1.45. The standard InChI is InChI=1S/C9H8F2N2/c1-5-12-8-4-6(10)3-7(11)9(8)13(5)2/h3-4H,1-2H3. The Labute approximate surface area is 73.8 Å². The van der Waals surface area contributed by atoms with E-state index in [-0.39, 0.29) is 0 Å². The highest BCUT2D eigenvalue weighted by atomic mass is 19.1. The molecule has 0 radical (unpaired) electrons. The third-order valence-electron chi connectivity index (χ3n) is 2.11. The van der Waals surface area contributed by atoms with Crippen LogP contribution in [0.2, 0.25) is 0 Å². The molecule has 1 heterocycles. The highest BCUT2D eigenvalue weighted by Crippen LogP contribution is 2.19. The van der Waals surface area contributed by atoms with Crippen molar-refractivity contribution in [2.75, 3.05) is 0 Å². The van der Waals surface area contributed by atoms with Gasteiger partial charge in [0, 0.05) is 19.2 Å². The summed E-state index contributed by atoms with van der Waals surface area (Å²) in [6.07, 6.45) is 0. The molecular weight excluding hydrogens is 174 g/mol. The first-order valence-electron chi connectivity index (χ1n) is 3.87. The number of benzene rings is 1. The number of fused-ring (bicyclic) bond motifs is 1. The number of hydrogen-bond acceptors (Lipinski definition) is 1. The Morgan fingerprint density at radius 2 is 2.00 bits per heavy atom. The smallest absolute Gasteiger partial charge is 0.152 e. The van der Waals surface area contributed by atoms with Crippen LogP contribution < -0.4 is 0 Å². The first-order chi connectivity index (χ1) is 6.09. The summed E-state index contributed by atoms with van der Waals surface area (Å²) >= 11 is 0. The van der Waals surface area contributed by atoms with Crippen molar-refractivity contribution in [2.45, 2.75) is 6.92 Å². The molecule has 0 unspecified atom stereocenters. The van der Waals surface area contributed by atoms with Gasteiger partial charge in [0.05, 0.1) is 5.52 Å². The second kappa shape index (κ2) is 2.52. The van der Waals surface area contributed by atoms with E-state index in [1.165, 1.54) is 6.07 Å². The molecule has 2 nitrogen and oxygen atoms in total. The molecule has 0 aliphatic heterocycles. The predicted molar refractivity (Wildman–Crippen MR) is 45.4 cm³/mol. The van der Waals surface area contributed by atoms with E-state index < -0.39 is 11.6 Å². The quantitative estimate of drug-likeness (QED) is 0.610. The van der Waals surface area contributed by atoms with Gasteiger partial charge in [0.1, 0.15) is 17.2 Å². The van der Waals surface area contributed by atoms with Crippen LogP contribution in [0.25, 0.3) is 11.0 Å². The molecule has 0 aliphatic rings. The number of halogens is 2. The van der Waals surface area contributed by atoms with Gasteiger partial charge in [0.2, 0.25) is 0 Å². The van der Waals surface area contributed by atoms with Crippen LogP contribution in [0.5, 0.6) is 0 Å². The Kier molecular flexibility index (Phi) is 1.58. The minimum Gasteiger partial charge on any atom is -0.329 e. The van der Waals surface area contributed by atoms with Gasteiger partial charge in [0.15, 0.2) is 5.82 Å². The molecule has 1 aromatic heterocycles. The molecule has 1 aromatic carbocycles. The fraction of sp³-hybridized carbons (Fsp3) is 0.222. The molecule has 4 heteroatoms. The van der Waals surface area contributed by atoms with E-state index in [0.717, 1.165) is 6.07 Å². The molecule has 13 heavy (non-hydrogen) atoms. The van der Waals surface area contributed by atoms with Crippen molar-refractivity contribution >= 4 is 11.0 Å². The molecule has 0 N–H and O–H groups in total. The number of imidazole rings is 1. The molecule has 0 saturated heterocycles. The number of rotatable bonds is 0. The summed E-state index contributed by atoms with van der Waals surface area (Å²) < 4.78 is 27.6. The van der Waals surface area contributed by atoms with E-state index in [4.69, 9.17) is 0 Å². The second-order valence-corrected chi connectivity index (χ2v) is 2.97. The molecule has 0 atom stereocenters. The maximum Gasteiger partial charge on any atom is 0.152 e. The third kappa shape index (κ3) is 1.09. The molecule has 68 valence electrons. The molecule has 2 aromatic rings. The van der Waals surface area contributed by atoms with Crippen molar-refractivity contribution in [1.82, 2.24) is 9.55 Å². The number of aromatic nitrogens is 2. The molecule has 0 bridgehead atoms. The van der Waals surface area contributed by atoms with Crippen LogP contribution >= 0.6 is 0 Å². The number of aryl methyl sites for hydroxylation is 2. The van der Waals surface area contributed by atoms with Gasteiger partial charge in [-0.15, -0.1) is 0 Å². The van der Waals surface area contributed by atoms with Crippen LogP contribution in [0, 0.1) is 18.6 Å². The van der Waals surface area contributed by atoms with E-state index in [9.17, 15) is 8.78 Å². The topological polar surface area (TPSA) is 17.8 Å². The van der Waals surface area contributed by atoms with Gasteiger partial charge in [-0.05, 0) is 6.92 Å². The van der Waals surface area contributed by atoms with Gasteiger partial charge in [-0.25, -0.2) is 13.8 Å². The van der Waals surface area contributed by atoms with Crippen molar-refractivity contribution in [3.8, 4) is 0 Å². The van der Waals surface area contributed by atoms with Gasteiger partial charge in [-0.2, -0.15) is 0 Å². The Balaban J connectivity index is 2.94. The minimum atomic E-state index is -0.594. The fourth-order valence-corrected chi connectivity index (χ4v) is 1.38. The lowest BCUT2D eigenvalue weighted by Crippen LogP contribution is -1.92. The highest BCUT2D eigenvalue weighted by molar-refractivity contribution is 5.76. The van der Waals surface area contributed by atoms with E-state index >= 15 is 0 Å². The van der Waals surface area contributed by atoms with Gasteiger partial charge >= 0.3 is 0 Å². The van der Waals surface area contributed by atoms with Crippen molar-refractivity contribution < 1.29 is 8.78 Å². The van der Waals surface area contributed by atoms with Crippen LogP contribution in [0.1, 0.15) is 5.82 Å². The lowest BCUT2D eigenvalue weighted by molar-refractivity contribution is 0.588. The second-order valence-electron chi connectivity index (χ2n) is 2.97. The summed E-state index contributed by atoms with van der Waals surface area (Å²) in [4.78, 5) is 4.02. The largest absolute Gasteiger partial charge is 0.329 e. The van der Waals surface area contributed by atoms with E-state index in [1.807, 2.05) is 0 Å². The fourth-order valence-electron chi connectivity index (χ4n) is 1.38. The maximum absolute atomic E-state index is 13.2. The summed E-state index contributed by atoms with van der Waals surface area (Å²) in [5.74, 6) is -0.499. The molecule has 0 saturated carbocycles. The summed E-state index contributed by atoms with van der Waals surface area (Å²) in [5.41, 5.74) is 0.705. The first kappa shape index (κ1) is 8.16. The van der Waals surface area contributed by atoms with Crippen LogP contribution in [0.15, 0.2) is 12.1 Å². The van der Waals surface area contributed by atoms with Crippen molar-refractivity contribution in [3.63, 3.8) is 0 Å². The molecule has 0 fully saturated rings. The Morgan fingerprint density at radius 3 is 2.69 bits per heavy atom. The van der Waals surface area contributed by atoms with Gasteiger partial charge < -0.3 is 4.57 Å². The average Bonchev–Trinajstić information content (AvgIpc) is 2.27. The zero-order valence-corrected chi connectivity index (χ0v) is 7.31. The molecule has 0 aliphatic carbocycles. The van der Waals surface area contributed by atoms with Gasteiger partial charge in [-0.1, -0.05) is 0 Å². The monoisotopic (exact) mass is 182 g/mol. The van der Waals surface area contributed by atoms with Crippen LogP contribution in [0.4, 0.5) is 8.78 Å². The SMILES string of the molecule is Cc1nc2cc(F)cc(F)c2n1C. The predicted octanol–water partition coefficient (Wildman–Crippen LogP) is 2.16. The highest BCUT2D eigenvalue weighted by Gasteiger charge is 2.10. The van der Waals surface area contributed by atoms with Gasteiger partial charge in [-0.3, -0.25) is 0 Å². The number of nitrogens with zero attached hydrogens (tertiary/aromatic N) is 2. The van der Waals surface area contributed by atoms with Gasteiger partial charge in [0.25, 0.3) is 0 Å². The lowest BCUT2D eigenvalue weighted by atomic mass is 10.3.